The van der Waals surface area contributed by atoms with Crippen molar-refractivity contribution in [2.24, 2.45) is 5.10 Å². The molecule has 4 heteroatoms. The van der Waals surface area contributed by atoms with Gasteiger partial charge < -0.3 is 4.74 Å². The van der Waals surface area contributed by atoms with Crippen LogP contribution in [0, 0.1) is 20.8 Å². The fourth-order valence-electron chi connectivity index (χ4n) is 2.20. The quantitative estimate of drug-likeness (QED) is 0.678. The van der Waals surface area contributed by atoms with Crippen molar-refractivity contribution in [2.75, 3.05) is 6.61 Å². The molecule has 1 N–H and O–H groups in total. The van der Waals surface area contributed by atoms with E-state index >= 15 is 0 Å². The van der Waals surface area contributed by atoms with E-state index in [2.05, 4.69) is 10.5 Å². The van der Waals surface area contributed by atoms with Crippen LogP contribution in [0.15, 0.2) is 47.6 Å². The molecule has 23 heavy (non-hydrogen) atoms. The number of carbonyl (C=O) groups excluding carboxylic acids is 1. The first kappa shape index (κ1) is 16.7. The van der Waals surface area contributed by atoms with Gasteiger partial charge in [-0.3, -0.25) is 4.79 Å². The number of carbonyl (C=O) groups is 1. The van der Waals surface area contributed by atoms with Gasteiger partial charge in [0.1, 0.15) is 5.75 Å². The molecule has 0 aliphatic heterocycles. The lowest BCUT2D eigenvalue weighted by Gasteiger charge is -2.11. The highest BCUT2D eigenvalue weighted by Crippen LogP contribution is 2.21. The normalized spacial score (nSPS) is 11.2. The van der Waals surface area contributed by atoms with Crippen molar-refractivity contribution in [3.05, 3.63) is 64.7 Å². The smallest absolute Gasteiger partial charge is 0.277 e. The van der Waals surface area contributed by atoms with Crippen molar-refractivity contribution >= 4 is 11.6 Å². The van der Waals surface area contributed by atoms with Crippen LogP contribution in [0.5, 0.6) is 5.75 Å². The molecule has 2 rings (SSSR count). The molecule has 0 bridgehead atoms. The molecule has 0 unspecified atom stereocenters. The van der Waals surface area contributed by atoms with E-state index in [-0.39, 0.29) is 12.5 Å². The van der Waals surface area contributed by atoms with Crippen LogP contribution < -0.4 is 10.2 Å². The van der Waals surface area contributed by atoms with E-state index in [9.17, 15) is 4.79 Å². The highest BCUT2D eigenvalue weighted by atomic mass is 16.5. The molecule has 4 nitrogen and oxygen atoms in total. The van der Waals surface area contributed by atoms with E-state index in [4.69, 9.17) is 4.74 Å². The molecule has 0 radical (unpaired) electrons. The van der Waals surface area contributed by atoms with Gasteiger partial charge in [-0.25, -0.2) is 5.43 Å². The SMILES string of the molecule is CC(=NNC(=O)COc1c(C)cccc1C)c1ccc(C)cc1. The second kappa shape index (κ2) is 7.58. The van der Waals surface area contributed by atoms with Crippen molar-refractivity contribution in [1.29, 1.82) is 0 Å². The van der Waals surface area contributed by atoms with Crippen LogP contribution in [-0.2, 0) is 4.79 Å². The minimum atomic E-state index is -0.279. The molecule has 0 heterocycles. The van der Waals surface area contributed by atoms with Crippen LogP contribution in [0.2, 0.25) is 0 Å². The Morgan fingerprint density at radius 3 is 2.26 bits per heavy atom. The number of hydrogen-bond donors (Lipinski definition) is 1. The molecule has 0 aliphatic rings. The predicted octanol–water partition coefficient (Wildman–Crippen LogP) is 3.53. The van der Waals surface area contributed by atoms with Gasteiger partial charge in [0.2, 0.25) is 0 Å². The summed E-state index contributed by atoms with van der Waals surface area (Å²) in [6.45, 7) is 7.75. The first-order valence-corrected chi connectivity index (χ1v) is 7.56. The van der Waals surface area contributed by atoms with E-state index in [0.717, 1.165) is 28.2 Å². The Labute approximate surface area is 137 Å². The van der Waals surface area contributed by atoms with Gasteiger partial charge in [0, 0.05) is 0 Å². The molecule has 0 aromatic heterocycles. The van der Waals surface area contributed by atoms with Crippen molar-refractivity contribution in [2.45, 2.75) is 27.7 Å². The molecule has 1 amide bonds. The van der Waals surface area contributed by atoms with Crippen LogP contribution in [0.4, 0.5) is 0 Å². The number of para-hydroxylation sites is 1. The Morgan fingerprint density at radius 2 is 1.65 bits per heavy atom. The maximum absolute atomic E-state index is 11.9. The van der Waals surface area contributed by atoms with Gasteiger partial charge in [0.25, 0.3) is 5.91 Å². The molecule has 0 saturated carbocycles. The first-order valence-electron chi connectivity index (χ1n) is 7.56. The van der Waals surface area contributed by atoms with E-state index in [0.29, 0.717) is 0 Å². The number of rotatable bonds is 5. The standard InChI is InChI=1S/C19H22N2O2/c1-13-8-10-17(11-9-13)16(4)20-21-18(22)12-23-19-14(2)6-5-7-15(19)3/h5-11H,12H2,1-4H3,(H,21,22). The van der Waals surface area contributed by atoms with Gasteiger partial charge in [0.15, 0.2) is 6.61 Å². The molecular formula is C19H22N2O2. The maximum Gasteiger partial charge on any atom is 0.277 e. The highest BCUT2D eigenvalue weighted by Gasteiger charge is 2.07. The Bertz CT molecular complexity index is 698. The summed E-state index contributed by atoms with van der Waals surface area (Å²) < 4.78 is 5.60. The second-order valence-electron chi connectivity index (χ2n) is 5.61. The zero-order valence-corrected chi connectivity index (χ0v) is 14.0. The molecule has 2 aromatic carbocycles. The molecule has 0 aliphatic carbocycles. The molecular weight excluding hydrogens is 288 g/mol. The zero-order chi connectivity index (χ0) is 16.8. The topological polar surface area (TPSA) is 50.7 Å². The molecule has 0 fully saturated rings. The average Bonchev–Trinajstić information content (AvgIpc) is 2.53. The lowest BCUT2D eigenvalue weighted by Crippen LogP contribution is -2.26. The summed E-state index contributed by atoms with van der Waals surface area (Å²) in [5, 5.41) is 4.12. The number of hydrazone groups is 1. The second-order valence-corrected chi connectivity index (χ2v) is 5.61. The monoisotopic (exact) mass is 310 g/mol. The zero-order valence-electron chi connectivity index (χ0n) is 14.0. The summed E-state index contributed by atoms with van der Waals surface area (Å²) in [5.41, 5.74) is 7.47. The van der Waals surface area contributed by atoms with E-state index in [1.165, 1.54) is 5.56 Å². The predicted molar refractivity (Wildman–Crippen MR) is 92.9 cm³/mol. The first-order chi connectivity index (χ1) is 11.0. The van der Waals surface area contributed by atoms with Crippen molar-refractivity contribution in [3.8, 4) is 5.75 Å². The van der Waals surface area contributed by atoms with Crippen molar-refractivity contribution in [3.63, 3.8) is 0 Å². The number of amides is 1. The van der Waals surface area contributed by atoms with Gasteiger partial charge in [-0.2, -0.15) is 5.10 Å². The fourth-order valence-corrected chi connectivity index (χ4v) is 2.20. The number of benzene rings is 2. The summed E-state index contributed by atoms with van der Waals surface area (Å²) in [6, 6.07) is 13.9. The number of nitrogens with zero attached hydrogens (tertiary/aromatic N) is 1. The van der Waals surface area contributed by atoms with Gasteiger partial charge in [-0.05, 0) is 44.4 Å². The Balaban J connectivity index is 1.92. The third-order valence-electron chi connectivity index (χ3n) is 3.57. The van der Waals surface area contributed by atoms with Gasteiger partial charge in [-0.15, -0.1) is 0 Å². The lowest BCUT2D eigenvalue weighted by atomic mass is 10.1. The summed E-state index contributed by atoms with van der Waals surface area (Å²) >= 11 is 0. The van der Waals surface area contributed by atoms with E-state index in [1.807, 2.05) is 70.2 Å². The van der Waals surface area contributed by atoms with Crippen LogP contribution in [0.1, 0.15) is 29.2 Å². The minimum absolute atomic E-state index is 0.0592. The molecule has 0 saturated heterocycles. The summed E-state index contributed by atoms with van der Waals surface area (Å²) in [5.74, 6) is 0.473. The van der Waals surface area contributed by atoms with Crippen molar-refractivity contribution in [1.82, 2.24) is 5.43 Å². The minimum Gasteiger partial charge on any atom is -0.483 e. The Hall–Kier alpha value is -2.62. The highest BCUT2D eigenvalue weighted by molar-refractivity contribution is 5.99. The maximum atomic E-state index is 11.9. The van der Waals surface area contributed by atoms with Crippen LogP contribution in [-0.4, -0.2) is 18.2 Å². The third kappa shape index (κ3) is 4.68. The van der Waals surface area contributed by atoms with Gasteiger partial charge in [-0.1, -0.05) is 48.0 Å². The van der Waals surface area contributed by atoms with Gasteiger partial charge >= 0.3 is 0 Å². The largest absolute Gasteiger partial charge is 0.483 e. The van der Waals surface area contributed by atoms with Crippen LogP contribution in [0.3, 0.4) is 0 Å². The van der Waals surface area contributed by atoms with E-state index < -0.39 is 0 Å². The summed E-state index contributed by atoms with van der Waals surface area (Å²) in [6.07, 6.45) is 0. The number of nitrogens with one attached hydrogen (secondary N) is 1. The molecule has 120 valence electrons. The van der Waals surface area contributed by atoms with Crippen LogP contribution >= 0.6 is 0 Å². The Kier molecular flexibility index (Phi) is 5.52. The fraction of sp³-hybridized carbons (Fsp3) is 0.263. The lowest BCUT2D eigenvalue weighted by molar-refractivity contribution is -0.123. The van der Waals surface area contributed by atoms with Crippen molar-refractivity contribution < 1.29 is 9.53 Å². The molecule has 0 spiro atoms. The molecule has 2 aromatic rings. The number of hydrogen-bond acceptors (Lipinski definition) is 3. The number of aryl methyl sites for hydroxylation is 3. The van der Waals surface area contributed by atoms with Crippen LogP contribution in [0.25, 0.3) is 0 Å². The van der Waals surface area contributed by atoms with E-state index in [1.54, 1.807) is 0 Å². The summed E-state index contributed by atoms with van der Waals surface area (Å²) in [4.78, 5) is 11.9. The third-order valence-corrected chi connectivity index (χ3v) is 3.57. The molecule has 0 atom stereocenters. The summed E-state index contributed by atoms with van der Waals surface area (Å²) in [7, 11) is 0. The average molecular weight is 310 g/mol. The number of ether oxygens (including phenoxy) is 1. The Morgan fingerprint density at radius 1 is 1.04 bits per heavy atom. The van der Waals surface area contributed by atoms with Gasteiger partial charge in [0.05, 0.1) is 5.71 Å².